The molecule has 0 spiro atoms. The van der Waals surface area contributed by atoms with Gasteiger partial charge in [-0.3, -0.25) is 9.48 Å². The summed E-state index contributed by atoms with van der Waals surface area (Å²) >= 11 is 0. The number of carbonyl (C=O) groups is 1. The molecule has 1 aliphatic carbocycles. The maximum atomic E-state index is 11.7. The second-order valence-corrected chi connectivity index (χ2v) is 4.21. The van der Waals surface area contributed by atoms with Gasteiger partial charge in [-0.1, -0.05) is 13.3 Å². The van der Waals surface area contributed by atoms with Crippen molar-refractivity contribution in [1.29, 1.82) is 0 Å². The second-order valence-electron chi connectivity index (χ2n) is 4.21. The molecule has 0 fully saturated rings. The van der Waals surface area contributed by atoms with Gasteiger partial charge in [-0.2, -0.15) is 5.10 Å². The zero-order chi connectivity index (χ0) is 10.7. The third-order valence-electron chi connectivity index (χ3n) is 3.04. The van der Waals surface area contributed by atoms with Crippen LogP contribution in [0.1, 0.15) is 55.1 Å². The number of rotatable bonds is 3. The van der Waals surface area contributed by atoms with Crippen LogP contribution in [0.3, 0.4) is 0 Å². The molecule has 0 amide bonds. The van der Waals surface area contributed by atoms with E-state index in [-0.39, 0.29) is 5.78 Å². The minimum absolute atomic E-state index is 0.283. The van der Waals surface area contributed by atoms with Gasteiger partial charge in [0.25, 0.3) is 0 Å². The molecule has 15 heavy (non-hydrogen) atoms. The smallest absolute Gasteiger partial charge is 0.166 e. The molecule has 0 bridgehead atoms. The Kier molecular flexibility index (Phi) is 3.19. The van der Waals surface area contributed by atoms with Crippen LogP contribution in [0.2, 0.25) is 0 Å². The summed E-state index contributed by atoms with van der Waals surface area (Å²) in [4.78, 5) is 11.7. The third-order valence-corrected chi connectivity index (χ3v) is 3.04. The van der Waals surface area contributed by atoms with Crippen molar-refractivity contribution < 1.29 is 4.79 Å². The number of carbonyl (C=O) groups excluding carboxylic acids is 1. The van der Waals surface area contributed by atoms with Crippen molar-refractivity contribution in [1.82, 2.24) is 9.78 Å². The average molecular weight is 206 g/mol. The third kappa shape index (κ3) is 2.11. The van der Waals surface area contributed by atoms with E-state index in [9.17, 15) is 4.79 Å². The average Bonchev–Trinajstić information content (AvgIpc) is 2.55. The normalized spacial score (nSPS) is 16.2. The summed E-state index contributed by atoms with van der Waals surface area (Å²) < 4.78 is 2.03. The number of aryl methyl sites for hydroxylation is 1. The summed E-state index contributed by atoms with van der Waals surface area (Å²) in [5.41, 5.74) is 2.05. The van der Waals surface area contributed by atoms with Gasteiger partial charge in [0.1, 0.15) is 0 Å². The fourth-order valence-corrected chi connectivity index (χ4v) is 2.12. The molecule has 0 aliphatic heterocycles. The summed E-state index contributed by atoms with van der Waals surface area (Å²) in [6, 6.07) is 0. The molecule has 0 N–H and O–H groups in total. The lowest BCUT2D eigenvalue weighted by molar-refractivity contribution is 0.0982. The van der Waals surface area contributed by atoms with Crippen molar-refractivity contribution in [2.24, 2.45) is 0 Å². The van der Waals surface area contributed by atoms with Gasteiger partial charge in [0, 0.05) is 18.7 Å². The predicted octanol–water partition coefficient (Wildman–Crippen LogP) is 2.59. The van der Waals surface area contributed by atoms with Gasteiger partial charge in [-0.15, -0.1) is 0 Å². The number of fused-ring (bicyclic) bond motifs is 1. The van der Waals surface area contributed by atoms with Gasteiger partial charge < -0.3 is 0 Å². The number of hydrogen-bond acceptors (Lipinski definition) is 2. The molecule has 0 saturated heterocycles. The van der Waals surface area contributed by atoms with Crippen molar-refractivity contribution >= 4 is 5.78 Å². The number of unbranched alkanes of at least 4 members (excludes halogenated alkanes) is 1. The number of nitrogens with zero attached hydrogens (tertiary/aromatic N) is 2. The molecular weight excluding hydrogens is 188 g/mol. The number of ketones is 1. The van der Waals surface area contributed by atoms with Crippen LogP contribution in [0.25, 0.3) is 0 Å². The van der Waals surface area contributed by atoms with Crippen LogP contribution < -0.4 is 0 Å². The standard InChI is InChI=1S/C12H18N2O/c1-2-3-8-14-11-6-4-5-7-12(15)10(11)9-13-14/h9H,2-8H2,1H3. The summed E-state index contributed by atoms with van der Waals surface area (Å²) in [7, 11) is 0. The zero-order valence-corrected chi connectivity index (χ0v) is 9.33. The minimum Gasteiger partial charge on any atom is -0.294 e. The van der Waals surface area contributed by atoms with Crippen molar-refractivity contribution in [3.05, 3.63) is 17.5 Å². The molecule has 0 radical (unpaired) electrons. The number of hydrogen-bond donors (Lipinski definition) is 0. The molecule has 0 saturated carbocycles. The molecule has 82 valence electrons. The first-order valence-corrected chi connectivity index (χ1v) is 5.91. The topological polar surface area (TPSA) is 34.9 Å². The van der Waals surface area contributed by atoms with Gasteiger partial charge in [0.15, 0.2) is 5.78 Å². The van der Waals surface area contributed by atoms with E-state index >= 15 is 0 Å². The first kappa shape index (κ1) is 10.4. The lowest BCUT2D eigenvalue weighted by Crippen LogP contribution is -2.06. The van der Waals surface area contributed by atoms with Crippen LogP contribution in [0.5, 0.6) is 0 Å². The summed E-state index contributed by atoms with van der Waals surface area (Å²) in [5.74, 6) is 0.283. The van der Waals surface area contributed by atoms with E-state index in [2.05, 4.69) is 12.0 Å². The zero-order valence-electron chi connectivity index (χ0n) is 9.33. The fraction of sp³-hybridized carbons (Fsp3) is 0.667. The molecular formula is C12H18N2O. The fourth-order valence-electron chi connectivity index (χ4n) is 2.12. The molecule has 3 nitrogen and oxygen atoms in total. The first-order valence-electron chi connectivity index (χ1n) is 5.91. The van der Waals surface area contributed by atoms with Crippen LogP contribution in [0.15, 0.2) is 6.20 Å². The molecule has 1 aromatic heterocycles. The van der Waals surface area contributed by atoms with Gasteiger partial charge >= 0.3 is 0 Å². The van der Waals surface area contributed by atoms with Crippen molar-refractivity contribution in [3.63, 3.8) is 0 Å². The van der Waals surface area contributed by atoms with E-state index in [4.69, 9.17) is 0 Å². The maximum absolute atomic E-state index is 11.7. The molecule has 1 aliphatic rings. The first-order chi connectivity index (χ1) is 7.33. The maximum Gasteiger partial charge on any atom is 0.166 e. The SMILES string of the molecule is CCCCn1ncc2c1CCCCC2=O. The van der Waals surface area contributed by atoms with Crippen molar-refractivity contribution in [3.8, 4) is 0 Å². The van der Waals surface area contributed by atoms with E-state index in [0.717, 1.165) is 37.8 Å². The van der Waals surface area contributed by atoms with E-state index in [0.29, 0.717) is 6.42 Å². The van der Waals surface area contributed by atoms with Crippen molar-refractivity contribution in [2.45, 2.75) is 52.0 Å². The monoisotopic (exact) mass is 206 g/mol. The van der Waals surface area contributed by atoms with E-state index in [1.807, 2.05) is 4.68 Å². The second kappa shape index (κ2) is 4.60. The highest BCUT2D eigenvalue weighted by atomic mass is 16.1. The van der Waals surface area contributed by atoms with E-state index < -0.39 is 0 Å². The summed E-state index contributed by atoms with van der Waals surface area (Å²) in [6.07, 6.45) is 7.94. The van der Waals surface area contributed by atoms with Crippen LogP contribution >= 0.6 is 0 Å². The van der Waals surface area contributed by atoms with Crippen LogP contribution in [-0.4, -0.2) is 15.6 Å². The van der Waals surface area contributed by atoms with Gasteiger partial charge in [-0.05, 0) is 25.7 Å². The Morgan fingerprint density at radius 1 is 1.40 bits per heavy atom. The van der Waals surface area contributed by atoms with E-state index in [1.54, 1.807) is 6.20 Å². The highest BCUT2D eigenvalue weighted by Gasteiger charge is 2.19. The number of aromatic nitrogens is 2. The molecule has 0 atom stereocenters. The molecule has 1 heterocycles. The molecule has 0 unspecified atom stereocenters. The molecule has 2 rings (SSSR count). The Balaban J connectivity index is 2.23. The van der Waals surface area contributed by atoms with Crippen molar-refractivity contribution in [2.75, 3.05) is 0 Å². The van der Waals surface area contributed by atoms with Crippen LogP contribution in [0.4, 0.5) is 0 Å². The lowest BCUT2D eigenvalue weighted by Gasteiger charge is -2.05. The lowest BCUT2D eigenvalue weighted by atomic mass is 10.1. The molecule has 0 aromatic carbocycles. The van der Waals surface area contributed by atoms with Gasteiger partial charge in [0.05, 0.1) is 11.8 Å². The van der Waals surface area contributed by atoms with E-state index in [1.165, 1.54) is 12.1 Å². The Bertz CT molecular complexity index is 355. The number of Topliss-reactive ketones (excluding diaryl/α,β-unsaturated/α-hetero) is 1. The van der Waals surface area contributed by atoms with Gasteiger partial charge in [-0.25, -0.2) is 0 Å². The summed E-state index contributed by atoms with van der Waals surface area (Å²) in [6.45, 7) is 3.13. The summed E-state index contributed by atoms with van der Waals surface area (Å²) in [5, 5.41) is 4.32. The molecule has 1 aromatic rings. The minimum atomic E-state index is 0.283. The predicted molar refractivity (Wildman–Crippen MR) is 59.0 cm³/mol. The Morgan fingerprint density at radius 3 is 3.00 bits per heavy atom. The highest BCUT2D eigenvalue weighted by molar-refractivity contribution is 5.97. The largest absolute Gasteiger partial charge is 0.294 e. The highest BCUT2D eigenvalue weighted by Crippen LogP contribution is 2.20. The Morgan fingerprint density at radius 2 is 2.20 bits per heavy atom. The molecule has 3 heteroatoms. The van der Waals surface area contributed by atoms with Gasteiger partial charge in [0.2, 0.25) is 0 Å². The van der Waals surface area contributed by atoms with Crippen LogP contribution in [0, 0.1) is 0 Å². The quantitative estimate of drug-likeness (QED) is 0.712. The Hall–Kier alpha value is -1.12. The Labute approximate surface area is 90.5 Å². The van der Waals surface area contributed by atoms with Crippen LogP contribution in [-0.2, 0) is 13.0 Å².